The topological polar surface area (TPSA) is 38.1 Å². The van der Waals surface area contributed by atoms with Gasteiger partial charge in [-0.25, -0.2) is 4.98 Å². The van der Waals surface area contributed by atoms with Gasteiger partial charge in [-0.1, -0.05) is 0 Å². The lowest BCUT2D eigenvalue weighted by Gasteiger charge is -2.06. The summed E-state index contributed by atoms with van der Waals surface area (Å²) in [4.78, 5) is 5.77. The number of hydrogen-bond acceptors (Lipinski definition) is 4. The Morgan fingerprint density at radius 2 is 2.33 bits per heavy atom. The van der Waals surface area contributed by atoms with Crippen LogP contribution in [0.1, 0.15) is 23.5 Å². The van der Waals surface area contributed by atoms with Crippen molar-refractivity contribution < 1.29 is 4.42 Å². The van der Waals surface area contributed by atoms with E-state index in [-0.39, 0.29) is 0 Å². The van der Waals surface area contributed by atoms with Gasteiger partial charge in [0.05, 0.1) is 12.0 Å². The quantitative estimate of drug-likeness (QED) is 0.867. The van der Waals surface area contributed by atoms with Gasteiger partial charge in [-0.2, -0.15) is 0 Å². The van der Waals surface area contributed by atoms with E-state index in [0.29, 0.717) is 6.04 Å². The highest BCUT2D eigenvalue weighted by molar-refractivity contribution is 7.15. The van der Waals surface area contributed by atoms with Crippen LogP contribution in [0.15, 0.2) is 22.8 Å². The molecule has 2 rings (SSSR count). The zero-order valence-corrected chi connectivity index (χ0v) is 9.89. The highest BCUT2D eigenvalue weighted by atomic mass is 32.1. The first kappa shape index (κ1) is 10.4. The van der Waals surface area contributed by atoms with E-state index in [2.05, 4.69) is 17.2 Å². The van der Waals surface area contributed by atoms with Crippen LogP contribution >= 0.6 is 11.3 Å². The van der Waals surface area contributed by atoms with Gasteiger partial charge in [-0.05, 0) is 33.0 Å². The largest absolute Gasteiger partial charge is 0.462 e. The van der Waals surface area contributed by atoms with Crippen LogP contribution in [0.4, 0.5) is 0 Å². The molecule has 0 fully saturated rings. The smallest absolute Gasteiger partial charge is 0.162 e. The molecule has 3 nitrogen and oxygen atoms in total. The normalized spacial score (nSPS) is 13.0. The van der Waals surface area contributed by atoms with Gasteiger partial charge in [-0.3, -0.25) is 0 Å². The molecule has 4 heteroatoms. The van der Waals surface area contributed by atoms with Crippen molar-refractivity contribution >= 4 is 11.3 Å². The molecule has 80 valence electrons. The molecule has 0 bridgehead atoms. The Hall–Kier alpha value is -1.13. The SMILES string of the molecule is CNC(C)c1sc(-c2ccco2)nc1C. The summed E-state index contributed by atoms with van der Waals surface area (Å²) in [6.07, 6.45) is 1.67. The van der Waals surface area contributed by atoms with Crippen LogP contribution in [0, 0.1) is 6.92 Å². The van der Waals surface area contributed by atoms with Gasteiger partial charge in [0.25, 0.3) is 0 Å². The van der Waals surface area contributed by atoms with Crippen molar-refractivity contribution in [2.45, 2.75) is 19.9 Å². The van der Waals surface area contributed by atoms with Crippen LogP contribution < -0.4 is 5.32 Å². The maximum absolute atomic E-state index is 5.33. The van der Waals surface area contributed by atoms with Gasteiger partial charge in [0.2, 0.25) is 0 Å². The molecule has 1 N–H and O–H groups in total. The van der Waals surface area contributed by atoms with Gasteiger partial charge in [0.1, 0.15) is 0 Å². The lowest BCUT2D eigenvalue weighted by Crippen LogP contribution is -2.11. The molecule has 1 atom stereocenters. The fraction of sp³-hybridized carbons (Fsp3) is 0.364. The molecule has 0 aromatic carbocycles. The van der Waals surface area contributed by atoms with Crippen molar-refractivity contribution in [2.75, 3.05) is 7.05 Å². The first-order valence-corrected chi connectivity index (χ1v) is 5.72. The number of aromatic nitrogens is 1. The van der Waals surface area contributed by atoms with E-state index in [1.165, 1.54) is 4.88 Å². The first-order chi connectivity index (χ1) is 7.22. The maximum atomic E-state index is 5.33. The highest BCUT2D eigenvalue weighted by Gasteiger charge is 2.14. The molecule has 1 unspecified atom stereocenters. The second-order valence-corrected chi connectivity index (χ2v) is 4.49. The van der Waals surface area contributed by atoms with E-state index < -0.39 is 0 Å². The zero-order valence-electron chi connectivity index (χ0n) is 9.07. The molecule has 0 saturated carbocycles. The number of aryl methyl sites for hydroxylation is 1. The molecule has 0 aliphatic heterocycles. The maximum Gasteiger partial charge on any atom is 0.162 e. The minimum Gasteiger partial charge on any atom is -0.462 e. The Bertz CT molecular complexity index is 433. The lowest BCUT2D eigenvalue weighted by molar-refractivity contribution is 0.581. The van der Waals surface area contributed by atoms with Crippen LogP contribution in [-0.4, -0.2) is 12.0 Å². The average molecular weight is 222 g/mol. The summed E-state index contributed by atoms with van der Waals surface area (Å²) in [5.74, 6) is 0.845. The summed E-state index contributed by atoms with van der Waals surface area (Å²) in [5.41, 5.74) is 1.08. The van der Waals surface area contributed by atoms with Gasteiger partial charge in [-0.15, -0.1) is 11.3 Å². The van der Waals surface area contributed by atoms with Gasteiger partial charge in [0, 0.05) is 10.9 Å². The average Bonchev–Trinajstić information content (AvgIpc) is 2.84. The first-order valence-electron chi connectivity index (χ1n) is 4.91. The van der Waals surface area contributed by atoms with Gasteiger partial charge < -0.3 is 9.73 Å². The summed E-state index contributed by atoms with van der Waals surface area (Å²) < 4.78 is 5.33. The lowest BCUT2D eigenvalue weighted by atomic mass is 10.2. The fourth-order valence-corrected chi connectivity index (χ4v) is 2.54. The molecule has 0 amide bonds. The third-order valence-corrected chi connectivity index (χ3v) is 3.75. The number of nitrogens with zero attached hydrogens (tertiary/aromatic N) is 1. The van der Waals surface area contributed by atoms with Crippen molar-refractivity contribution in [3.05, 3.63) is 29.0 Å². The van der Waals surface area contributed by atoms with Crippen molar-refractivity contribution in [2.24, 2.45) is 0 Å². The molecular formula is C11H14N2OS. The van der Waals surface area contributed by atoms with Crippen LogP contribution in [0.5, 0.6) is 0 Å². The van der Waals surface area contributed by atoms with E-state index in [1.54, 1.807) is 17.6 Å². The number of rotatable bonds is 3. The third-order valence-electron chi connectivity index (χ3n) is 2.39. The Labute approximate surface area is 93.2 Å². The van der Waals surface area contributed by atoms with Crippen molar-refractivity contribution in [3.8, 4) is 10.8 Å². The summed E-state index contributed by atoms with van der Waals surface area (Å²) in [6, 6.07) is 4.16. The van der Waals surface area contributed by atoms with Gasteiger partial charge in [0.15, 0.2) is 10.8 Å². The molecule has 15 heavy (non-hydrogen) atoms. The molecule has 0 radical (unpaired) electrons. The minimum atomic E-state index is 0.339. The Morgan fingerprint density at radius 1 is 1.53 bits per heavy atom. The van der Waals surface area contributed by atoms with Crippen molar-refractivity contribution in [1.29, 1.82) is 0 Å². The molecule has 0 aliphatic carbocycles. The molecule has 2 heterocycles. The number of nitrogens with one attached hydrogen (secondary N) is 1. The molecule has 2 aromatic rings. The molecule has 0 spiro atoms. The monoisotopic (exact) mass is 222 g/mol. The van der Waals surface area contributed by atoms with E-state index in [0.717, 1.165) is 16.5 Å². The second-order valence-electron chi connectivity index (χ2n) is 3.46. The van der Waals surface area contributed by atoms with Crippen molar-refractivity contribution in [1.82, 2.24) is 10.3 Å². The second kappa shape index (κ2) is 4.16. The molecule has 0 saturated heterocycles. The molecular weight excluding hydrogens is 208 g/mol. The predicted octanol–water partition coefficient (Wildman–Crippen LogP) is 2.99. The highest BCUT2D eigenvalue weighted by Crippen LogP contribution is 2.31. The Morgan fingerprint density at radius 3 is 2.93 bits per heavy atom. The van der Waals surface area contributed by atoms with Gasteiger partial charge >= 0.3 is 0 Å². The van der Waals surface area contributed by atoms with E-state index in [9.17, 15) is 0 Å². The zero-order chi connectivity index (χ0) is 10.8. The summed E-state index contributed by atoms with van der Waals surface area (Å²) in [7, 11) is 1.95. The Balaban J connectivity index is 2.37. The minimum absolute atomic E-state index is 0.339. The van der Waals surface area contributed by atoms with Crippen LogP contribution in [0.25, 0.3) is 10.8 Å². The molecule has 0 aliphatic rings. The number of hydrogen-bond donors (Lipinski definition) is 1. The predicted molar refractivity (Wildman–Crippen MR) is 62.0 cm³/mol. The van der Waals surface area contributed by atoms with Crippen LogP contribution in [0.3, 0.4) is 0 Å². The number of thiazole rings is 1. The Kier molecular flexibility index (Phi) is 2.88. The van der Waals surface area contributed by atoms with E-state index in [1.807, 2.05) is 26.1 Å². The number of furan rings is 1. The van der Waals surface area contributed by atoms with Crippen LogP contribution in [-0.2, 0) is 0 Å². The molecule has 2 aromatic heterocycles. The summed E-state index contributed by atoms with van der Waals surface area (Å²) >= 11 is 1.68. The fourth-order valence-electron chi connectivity index (χ4n) is 1.45. The third kappa shape index (κ3) is 1.96. The standard InChI is InChI=1S/C11H14N2OS/c1-7(12-3)10-8(2)13-11(15-10)9-5-4-6-14-9/h4-7,12H,1-3H3. The van der Waals surface area contributed by atoms with Crippen LogP contribution in [0.2, 0.25) is 0 Å². The summed E-state index contributed by atoms with van der Waals surface area (Å²) in [6.45, 7) is 4.17. The van der Waals surface area contributed by atoms with E-state index >= 15 is 0 Å². The summed E-state index contributed by atoms with van der Waals surface area (Å²) in [5, 5.41) is 4.17. The van der Waals surface area contributed by atoms with Crippen molar-refractivity contribution in [3.63, 3.8) is 0 Å². The van der Waals surface area contributed by atoms with E-state index in [4.69, 9.17) is 4.42 Å².